The molecule has 1 aromatic heterocycles. The van der Waals surface area contributed by atoms with Crippen LogP contribution in [0, 0.1) is 11.2 Å². The highest BCUT2D eigenvalue weighted by atomic mass is 19.1. The van der Waals surface area contributed by atoms with Crippen LogP contribution in [-0.4, -0.2) is 23.5 Å². The second-order valence-corrected chi connectivity index (χ2v) is 7.90. The van der Waals surface area contributed by atoms with Crippen LogP contribution >= 0.6 is 0 Å². The molecule has 0 bridgehead atoms. The molecule has 0 saturated heterocycles. The zero-order chi connectivity index (χ0) is 24.0. The number of nitrogen functional groups attached to an aromatic ring is 1. The van der Waals surface area contributed by atoms with Crippen LogP contribution in [0.1, 0.15) is 56.3 Å². The van der Waals surface area contributed by atoms with Gasteiger partial charge in [-0.25, -0.2) is 4.39 Å². The van der Waals surface area contributed by atoms with E-state index in [0.717, 1.165) is 17.8 Å². The van der Waals surface area contributed by atoms with E-state index < -0.39 is 11.9 Å². The third-order valence-electron chi connectivity index (χ3n) is 5.02. The van der Waals surface area contributed by atoms with E-state index in [1.807, 2.05) is 58.0 Å². The Kier molecular flexibility index (Phi) is 7.87. The molecule has 0 aliphatic rings. The Labute approximate surface area is 194 Å². The number of halogens is 1. The van der Waals surface area contributed by atoms with Gasteiger partial charge in [0, 0.05) is 28.6 Å². The Bertz CT molecular complexity index is 1100. The van der Waals surface area contributed by atoms with Crippen molar-refractivity contribution in [3.63, 3.8) is 0 Å². The summed E-state index contributed by atoms with van der Waals surface area (Å²) in [6.45, 7) is 8.06. The van der Waals surface area contributed by atoms with Gasteiger partial charge >= 0.3 is 0 Å². The predicted octanol–water partition coefficient (Wildman–Crippen LogP) is 5.45. The lowest BCUT2D eigenvalue weighted by molar-refractivity contribution is 0.228. The van der Waals surface area contributed by atoms with Gasteiger partial charge in [0.05, 0.1) is 24.4 Å². The van der Waals surface area contributed by atoms with Crippen LogP contribution in [0.15, 0.2) is 54.6 Å². The molecule has 6 nitrogen and oxygen atoms in total. The maximum absolute atomic E-state index is 15.8. The number of benzene rings is 2. The fraction of sp³-hybridized carbons (Fsp3) is 0.308. The van der Waals surface area contributed by atoms with Gasteiger partial charge in [0.2, 0.25) is 0 Å². The highest BCUT2D eigenvalue weighted by Gasteiger charge is 2.24. The number of hydrogen-bond donors (Lipinski definition) is 3. The molecular formula is C26H31FN4O2. The van der Waals surface area contributed by atoms with Crippen molar-refractivity contribution < 1.29 is 13.9 Å². The number of nitrogens with one attached hydrogen (secondary N) is 2. The average molecular weight is 451 g/mol. The second kappa shape index (κ2) is 10.8. The summed E-state index contributed by atoms with van der Waals surface area (Å²) in [7, 11) is 0. The molecule has 3 rings (SSSR count). The van der Waals surface area contributed by atoms with E-state index in [2.05, 4.69) is 5.32 Å². The highest BCUT2D eigenvalue weighted by molar-refractivity contribution is 5.95. The molecule has 2 aromatic carbocycles. The van der Waals surface area contributed by atoms with Gasteiger partial charge < -0.3 is 20.5 Å². The number of amidine groups is 1. The van der Waals surface area contributed by atoms with Crippen LogP contribution in [0.2, 0.25) is 0 Å². The van der Waals surface area contributed by atoms with Crippen LogP contribution < -0.4 is 20.5 Å². The molecule has 0 fully saturated rings. The Morgan fingerprint density at radius 1 is 1.12 bits per heavy atom. The summed E-state index contributed by atoms with van der Waals surface area (Å²) in [5.74, 6) is 0.182. The average Bonchev–Trinajstić information content (AvgIpc) is 2.80. The molecule has 1 unspecified atom stereocenters. The first kappa shape index (κ1) is 24.0. The third kappa shape index (κ3) is 6.00. The number of nitrogens with two attached hydrogens (primary N) is 1. The number of anilines is 1. The molecule has 1 atom stereocenters. The first-order valence-corrected chi connectivity index (χ1v) is 11.1. The van der Waals surface area contributed by atoms with Gasteiger partial charge in [0.1, 0.15) is 11.6 Å². The minimum atomic E-state index is -0.602. The van der Waals surface area contributed by atoms with E-state index in [0.29, 0.717) is 29.2 Å². The molecule has 7 heteroatoms. The quantitative estimate of drug-likeness (QED) is 0.282. The standard InChI is InChI=1S/C26H31FN4O2/c1-5-18-8-7-9-22(30-18)25(31-19-12-10-17(11-13-19)26(28)29)21-14-20(32-6-2)15-23(24(21)27)33-16(3)4/h7-16,25,31H,5-6H2,1-4H3,(H3,28,29). The number of hydrogen-bond acceptors (Lipinski definition) is 5. The summed E-state index contributed by atoms with van der Waals surface area (Å²) in [5.41, 5.74) is 8.88. The largest absolute Gasteiger partial charge is 0.494 e. The summed E-state index contributed by atoms with van der Waals surface area (Å²) in [6.07, 6.45) is 0.563. The van der Waals surface area contributed by atoms with E-state index in [1.165, 1.54) is 0 Å². The fourth-order valence-electron chi connectivity index (χ4n) is 3.47. The maximum atomic E-state index is 15.8. The molecule has 0 radical (unpaired) electrons. The summed E-state index contributed by atoms with van der Waals surface area (Å²) in [5, 5.41) is 11.0. The number of aromatic nitrogens is 1. The molecule has 0 spiro atoms. The topological polar surface area (TPSA) is 93.2 Å². The number of ether oxygens (including phenoxy) is 2. The lowest BCUT2D eigenvalue weighted by Gasteiger charge is -2.24. The van der Waals surface area contributed by atoms with Gasteiger partial charge in [-0.3, -0.25) is 10.4 Å². The molecule has 0 saturated carbocycles. The molecule has 0 aliphatic heterocycles. The number of aryl methyl sites for hydroxylation is 1. The number of nitrogens with zero attached hydrogens (tertiary/aromatic N) is 1. The van der Waals surface area contributed by atoms with Crippen molar-refractivity contribution in [1.82, 2.24) is 4.98 Å². The maximum Gasteiger partial charge on any atom is 0.171 e. The van der Waals surface area contributed by atoms with Crippen molar-refractivity contribution in [2.45, 2.75) is 46.3 Å². The predicted molar refractivity (Wildman–Crippen MR) is 130 cm³/mol. The van der Waals surface area contributed by atoms with Crippen LogP contribution in [0.25, 0.3) is 0 Å². The van der Waals surface area contributed by atoms with Crippen molar-refractivity contribution >= 4 is 11.5 Å². The van der Waals surface area contributed by atoms with Crippen molar-refractivity contribution in [1.29, 1.82) is 5.41 Å². The lowest BCUT2D eigenvalue weighted by Crippen LogP contribution is -2.18. The molecule has 174 valence electrons. The van der Waals surface area contributed by atoms with Crippen LogP contribution in [0.4, 0.5) is 10.1 Å². The van der Waals surface area contributed by atoms with Gasteiger partial charge in [0.15, 0.2) is 11.6 Å². The molecule has 33 heavy (non-hydrogen) atoms. The first-order chi connectivity index (χ1) is 15.8. The normalized spacial score (nSPS) is 11.8. The van der Waals surface area contributed by atoms with E-state index in [1.54, 1.807) is 24.3 Å². The van der Waals surface area contributed by atoms with Gasteiger partial charge in [-0.1, -0.05) is 13.0 Å². The van der Waals surface area contributed by atoms with Crippen LogP contribution in [0.3, 0.4) is 0 Å². The minimum absolute atomic E-state index is 0.0126. The van der Waals surface area contributed by atoms with Crippen LogP contribution in [-0.2, 0) is 6.42 Å². The summed E-state index contributed by atoms with van der Waals surface area (Å²) >= 11 is 0. The monoisotopic (exact) mass is 450 g/mol. The Hall–Kier alpha value is -3.61. The van der Waals surface area contributed by atoms with E-state index in [9.17, 15) is 0 Å². The van der Waals surface area contributed by atoms with Gasteiger partial charge in [-0.05, 0) is 69.7 Å². The van der Waals surface area contributed by atoms with Crippen molar-refractivity contribution in [2.24, 2.45) is 5.73 Å². The van der Waals surface area contributed by atoms with Crippen LogP contribution in [0.5, 0.6) is 11.5 Å². The van der Waals surface area contributed by atoms with E-state index >= 15 is 4.39 Å². The second-order valence-electron chi connectivity index (χ2n) is 7.90. The Morgan fingerprint density at radius 2 is 1.85 bits per heavy atom. The summed E-state index contributed by atoms with van der Waals surface area (Å²) < 4.78 is 27.2. The molecule has 1 heterocycles. The molecule has 0 aliphatic carbocycles. The summed E-state index contributed by atoms with van der Waals surface area (Å²) in [4.78, 5) is 4.75. The van der Waals surface area contributed by atoms with Crippen molar-refractivity contribution in [2.75, 3.05) is 11.9 Å². The smallest absolute Gasteiger partial charge is 0.171 e. The van der Waals surface area contributed by atoms with Gasteiger partial charge in [-0.15, -0.1) is 0 Å². The zero-order valence-corrected chi connectivity index (χ0v) is 19.5. The SMILES string of the molecule is CCOc1cc(OC(C)C)c(F)c(C(Nc2ccc(C(=N)N)cc2)c2cccc(CC)n2)c1. The summed E-state index contributed by atoms with van der Waals surface area (Å²) in [6, 6.07) is 15.5. The Morgan fingerprint density at radius 3 is 2.45 bits per heavy atom. The molecule has 4 N–H and O–H groups in total. The number of rotatable bonds is 10. The molecular weight excluding hydrogens is 419 g/mol. The van der Waals surface area contributed by atoms with E-state index in [-0.39, 0.29) is 17.7 Å². The molecule has 3 aromatic rings. The van der Waals surface area contributed by atoms with E-state index in [4.69, 9.17) is 25.6 Å². The van der Waals surface area contributed by atoms with Crippen molar-refractivity contribution in [3.8, 4) is 11.5 Å². The zero-order valence-electron chi connectivity index (χ0n) is 19.5. The van der Waals surface area contributed by atoms with Gasteiger partial charge in [0.25, 0.3) is 0 Å². The lowest BCUT2D eigenvalue weighted by atomic mass is 10.00. The molecule has 0 amide bonds. The third-order valence-corrected chi connectivity index (χ3v) is 5.02. The fourth-order valence-corrected chi connectivity index (χ4v) is 3.47. The highest BCUT2D eigenvalue weighted by Crippen LogP contribution is 2.36. The minimum Gasteiger partial charge on any atom is -0.494 e. The number of pyridine rings is 1. The Balaban J connectivity index is 2.13. The van der Waals surface area contributed by atoms with Crippen molar-refractivity contribution in [3.05, 3.63) is 82.9 Å². The van der Waals surface area contributed by atoms with Gasteiger partial charge in [-0.2, -0.15) is 0 Å². The first-order valence-electron chi connectivity index (χ1n) is 11.1.